The Bertz CT molecular complexity index is 563. The second kappa shape index (κ2) is 5.95. The van der Waals surface area contributed by atoms with Crippen LogP contribution in [0.1, 0.15) is 24.1 Å². The largest absolute Gasteiger partial charge is 0.388 e. The molecule has 0 bridgehead atoms. The van der Waals surface area contributed by atoms with E-state index in [9.17, 15) is 0 Å². The zero-order chi connectivity index (χ0) is 13.7. The molecule has 1 aromatic carbocycles. The minimum atomic E-state index is -0.137. The molecule has 1 aromatic rings. The summed E-state index contributed by atoms with van der Waals surface area (Å²) in [6.45, 7) is 3.79. The molecule has 1 atom stereocenters. The Morgan fingerprint density at radius 1 is 1.39 bits per heavy atom. The first-order chi connectivity index (χ1) is 8.49. The SMILES string of the molecule is Cc1cc(C(C)N/C(C#N)=C(\N)C#N)ccc1Cl. The third kappa shape index (κ3) is 3.16. The van der Waals surface area contributed by atoms with Crippen molar-refractivity contribution in [1.29, 1.82) is 10.5 Å². The van der Waals surface area contributed by atoms with E-state index >= 15 is 0 Å². The van der Waals surface area contributed by atoms with Crippen molar-refractivity contribution in [3.63, 3.8) is 0 Å². The topological polar surface area (TPSA) is 85.6 Å². The summed E-state index contributed by atoms with van der Waals surface area (Å²) in [4.78, 5) is 0. The van der Waals surface area contributed by atoms with E-state index < -0.39 is 0 Å². The van der Waals surface area contributed by atoms with Crippen molar-refractivity contribution in [1.82, 2.24) is 5.32 Å². The predicted molar refractivity (Wildman–Crippen MR) is 70.2 cm³/mol. The smallest absolute Gasteiger partial charge is 0.148 e. The lowest BCUT2D eigenvalue weighted by atomic mass is 10.1. The molecule has 4 nitrogen and oxygen atoms in total. The maximum Gasteiger partial charge on any atom is 0.148 e. The number of nitrogens with zero attached hydrogens (tertiary/aromatic N) is 2. The van der Waals surface area contributed by atoms with Gasteiger partial charge in [0, 0.05) is 11.1 Å². The van der Waals surface area contributed by atoms with Crippen LogP contribution in [-0.2, 0) is 0 Å². The standard InChI is InChI=1S/C13H13ClN4/c1-8-5-10(3-4-11(8)14)9(2)18-13(7-16)12(17)6-15/h3-5,9,18H,17H2,1-2H3/b13-12-. The number of nitrogens with one attached hydrogen (secondary N) is 1. The van der Waals surface area contributed by atoms with Gasteiger partial charge in [-0.05, 0) is 31.0 Å². The molecule has 0 spiro atoms. The van der Waals surface area contributed by atoms with Gasteiger partial charge in [0.05, 0.1) is 0 Å². The molecule has 18 heavy (non-hydrogen) atoms. The van der Waals surface area contributed by atoms with Crippen molar-refractivity contribution in [2.45, 2.75) is 19.9 Å². The molecule has 0 heterocycles. The van der Waals surface area contributed by atoms with Gasteiger partial charge in [0.1, 0.15) is 23.5 Å². The second-order valence-corrected chi connectivity index (χ2v) is 4.29. The zero-order valence-electron chi connectivity index (χ0n) is 10.2. The maximum absolute atomic E-state index is 8.90. The predicted octanol–water partition coefficient (Wildman–Crippen LogP) is 2.52. The number of hydrogen-bond acceptors (Lipinski definition) is 4. The van der Waals surface area contributed by atoms with Crippen LogP contribution in [0.25, 0.3) is 0 Å². The van der Waals surface area contributed by atoms with Crippen molar-refractivity contribution < 1.29 is 0 Å². The third-order valence-corrected chi connectivity index (χ3v) is 2.97. The molecular formula is C13H13ClN4. The molecule has 0 fully saturated rings. The molecule has 3 N–H and O–H groups in total. The van der Waals surface area contributed by atoms with E-state index in [0.29, 0.717) is 5.02 Å². The van der Waals surface area contributed by atoms with Gasteiger partial charge >= 0.3 is 0 Å². The van der Waals surface area contributed by atoms with E-state index in [1.807, 2.05) is 32.0 Å². The van der Waals surface area contributed by atoms with Crippen molar-refractivity contribution in [3.8, 4) is 12.1 Å². The molecule has 0 aliphatic carbocycles. The van der Waals surface area contributed by atoms with Gasteiger partial charge in [-0.2, -0.15) is 10.5 Å². The lowest BCUT2D eigenvalue weighted by Gasteiger charge is -2.15. The molecule has 0 saturated carbocycles. The Morgan fingerprint density at radius 2 is 2.06 bits per heavy atom. The molecule has 0 radical (unpaired) electrons. The minimum Gasteiger partial charge on any atom is -0.388 e. The summed E-state index contributed by atoms with van der Waals surface area (Å²) < 4.78 is 0. The van der Waals surface area contributed by atoms with Gasteiger partial charge in [-0.15, -0.1) is 0 Å². The van der Waals surface area contributed by atoms with E-state index in [-0.39, 0.29) is 17.4 Å². The summed E-state index contributed by atoms with van der Waals surface area (Å²) in [7, 11) is 0. The average Bonchev–Trinajstić information content (AvgIpc) is 2.37. The summed E-state index contributed by atoms with van der Waals surface area (Å²) in [5.41, 5.74) is 7.31. The Hall–Kier alpha value is -2.17. The fraction of sp³-hybridized carbons (Fsp3) is 0.231. The number of hydrogen-bond donors (Lipinski definition) is 2. The van der Waals surface area contributed by atoms with Crippen molar-refractivity contribution in [2.24, 2.45) is 5.73 Å². The van der Waals surface area contributed by atoms with Crippen LogP contribution in [0.5, 0.6) is 0 Å². The highest BCUT2D eigenvalue weighted by atomic mass is 35.5. The summed E-state index contributed by atoms with van der Waals surface area (Å²) in [6.07, 6.45) is 0. The molecule has 0 amide bonds. The van der Waals surface area contributed by atoms with Gasteiger partial charge in [-0.3, -0.25) is 0 Å². The van der Waals surface area contributed by atoms with E-state index in [0.717, 1.165) is 11.1 Å². The first-order valence-corrected chi connectivity index (χ1v) is 5.70. The molecule has 0 saturated heterocycles. The minimum absolute atomic E-state index is 0.0811. The van der Waals surface area contributed by atoms with E-state index in [1.54, 1.807) is 12.1 Å². The third-order valence-electron chi connectivity index (χ3n) is 2.54. The first kappa shape index (κ1) is 13.9. The molecule has 5 heteroatoms. The Morgan fingerprint density at radius 3 is 2.56 bits per heavy atom. The Balaban J connectivity index is 2.96. The fourth-order valence-electron chi connectivity index (χ4n) is 1.46. The second-order valence-electron chi connectivity index (χ2n) is 3.89. The van der Waals surface area contributed by atoms with Crippen LogP contribution in [0.15, 0.2) is 29.6 Å². The zero-order valence-corrected chi connectivity index (χ0v) is 10.9. The maximum atomic E-state index is 8.90. The number of halogens is 1. The highest BCUT2D eigenvalue weighted by Crippen LogP contribution is 2.21. The van der Waals surface area contributed by atoms with Crippen molar-refractivity contribution in [3.05, 3.63) is 45.7 Å². The van der Waals surface area contributed by atoms with E-state index in [2.05, 4.69) is 5.32 Å². The lowest BCUT2D eigenvalue weighted by molar-refractivity contribution is 0.663. The van der Waals surface area contributed by atoms with Crippen molar-refractivity contribution in [2.75, 3.05) is 0 Å². The number of nitriles is 2. The normalized spacial score (nSPS) is 12.9. The first-order valence-electron chi connectivity index (χ1n) is 5.32. The summed E-state index contributed by atoms with van der Waals surface area (Å²) in [6, 6.07) is 9.08. The number of nitrogens with two attached hydrogens (primary N) is 1. The number of aryl methyl sites for hydroxylation is 1. The molecule has 0 aromatic heterocycles. The molecule has 0 aliphatic rings. The van der Waals surface area contributed by atoms with Crippen LogP contribution in [0, 0.1) is 29.6 Å². The molecule has 1 rings (SSSR count). The highest BCUT2D eigenvalue weighted by molar-refractivity contribution is 6.31. The van der Waals surface area contributed by atoms with Crippen LogP contribution in [0.3, 0.4) is 0 Å². The van der Waals surface area contributed by atoms with Crippen LogP contribution in [0.2, 0.25) is 5.02 Å². The quantitative estimate of drug-likeness (QED) is 0.818. The van der Waals surface area contributed by atoms with Crippen LogP contribution >= 0.6 is 11.6 Å². The van der Waals surface area contributed by atoms with Gasteiger partial charge in [0.15, 0.2) is 0 Å². The van der Waals surface area contributed by atoms with Gasteiger partial charge < -0.3 is 11.1 Å². The Kier molecular flexibility index (Phi) is 4.59. The van der Waals surface area contributed by atoms with Gasteiger partial charge in [0.25, 0.3) is 0 Å². The van der Waals surface area contributed by atoms with E-state index in [4.69, 9.17) is 27.9 Å². The average molecular weight is 261 g/mol. The molecule has 92 valence electrons. The fourth-order valence-corrected chi connectivity index (χ4v) is 1.58. The number of allylic oxidation sites excluding steroid dienone is 2. The molecular weight excluding hydrogens is 248 g/mol. The van der Waals surface area contributed by atoms with Crippen molar-refractivity contribution >= 4 is 11.6 Å². The summed E-state index contributed by atoms with van der Waals surface area (Å²) in [5.74, 6) is 0. The summed E-state index contributed by atoms with van der Waals surface area (Å²) in [5, 5.41) is 21.2. The van der Waals surface area contributed by atoms with Crippen LogP contribution in [0.4, 0.5) is 0 Å². The van der Waals surface area contributed by atoms with Crippen LogP contribution in [-0.4, -0.2) is 0 Å². The number of rotatable bonds is 3. The van der Waals surface area contributed by atoms with Gasteiger partial charge in [-0.1, -0.05) is 23.7 Å². The van der Waals surface area contributed by atoms with Gasteiger partial charge in [0.2, 0.25) is 0 Å². The lowest BCUT2D eigenvalue weighted by Crippen LogP contribution is -2.20. The van der Waals surface area contributed by atoms with Crippen LogP contribution < -0.4 is 11.1 Å². The number of benzene rings is 1. The monoisotopic (exact) mass is 260 g/mol. The molecule has 0 aliphatic heterocycles. The Labute approximate surface area is 111 Å². The highest BCUT2D eigenvalue weighted by Gasteiger charge is 2.10. The van der Waals surface area contributed by atoms with E-state index in [1.165, 1.54) is 0 Å². The molecule has 1 unspecified atom stereocenters. The van der Waals surface area contributed by atoms with Gasteiger partial charge in [-0.25, -0.2) is 0 Å². The summed E-state index contributed by atoms with van der Waals surface area (Å²) >= 11 is 5.95.